The van der Waals surface area contributed by atoms with E-state index in [1.54, 1.807) is 43.5 Å². The second kappa shape index (κ2) is 11.7. The number of nitrogens with zero attached hydrogens (tertiary/aromatic N) is 3. The number of ether oxygens (including phenoxy) is 1. The van der Waals surface area contributed by atoms with Crippen molar-refractivity contribution in [1.82, 2.24) is 9.80 Å². The zero-order valence-electron chi connectivity index (χ0n) is 22.6. The van der Waals surface area contributed by atoms with Crippen LogP contribution in [0.4, 0.5) is 5.69 Å². The number of aliphatic hydroxyl groups excluding tert-OH is 1. The van der Waals surface area contributed by atoms with Gasteiger partial charge in [0.25, 0.3) is 5.91 Å². The van der Waals surface area contributed by atoms with Crippen LogP contribution in [-0.4, -0.2) is 88.0 Å². The van der Waals surface area contributed by atoms with Crippen LogP contribution in [0.15, 0.2) is 49.6 Å². The number of hydrogen-bond acceptors (Lipinski definition) is 5. The molecule has 3 unspecified atom stereocenters. The molecule has 3 fully saturated rings. The van der Waals surface area contributed by atoms with E-state index in [1.165, 1.54) is 14.7 Å². The van der Waals surface area contributed by atoms with Crippen molar-refractivity contribution >= 4 is 50.9 Å². The van der Waals surface area contributed by atoms with Crippen LogP contribution in [0.3, 0.4) is 0 Å². The van der Waals surface area contributed by atoms with E-state index in [0.717, 1.165) is 0 Å². The number of hydrogen-bond donors (Lipinski definition) is 1. The Morgan fingerprint density at radius 2 is 1.95 bits per heavy atom. The lowest BCUT2D eigenvalue weighted by Crippen LogP contribution is -2.60. The van der Waals surface area contributed by atoms with Crippen molar-refractivity contribution < 1.29 is 24.2 Å². The molecule has 1 aromatic carbocycles. The molecule has 2 bridgehead atoms. The van der Waals surface area contributed by atoms with E-state index in [1.807, 2.05) is 13.8 Å². The van der Waals surface area contributed by atoms with Crippen molar-refractivity contribution in [3.8, 4) is 0 Å². The average molecular weight is 623 g/mol. The molecule has 3 heterocycles. The predicted octanol–water partition coefficient (Wildman–Crippen LogP) is 3.66. The maximum atomic E-state index is 14.7. The number of benzene rings is 1. The monoisotopic (exact) mass is 621 g/mol. The minimum Gasteiger partial charge on any atom is -0.394 e. The summed E-state index contributed by atoms with van der Waals surface area (Å²) in [4.78, 5) is 47.1. The van der Waals surface area contributed by atoms with Gasteiger partial charge >= 0.3 is 0 Å². The quantitative estimate of drug-likeness (QED) is 0.301. The largest absolute Gasteiger partial charge is 0.394 e. The molecule has 1 aromatic rings. The average Bonchev–Trinajstić information content (AvgIpc) is 3.51. The number of carbonyl (C=O) groups excluding carboxylic acids is 3. The fourth-order valence-corrected chi connectivity index (χ4v) is 7.77. The Bertz CT molecular complexity index is 1150. The van der Waals surface area contributed by atoms with Crippen LogP contribution in [0.25, 0.3) is 0 Å². The summed E-state index contributed by atoms with van der Waals surface area (Å²) in [6, 6.07) is 5.31. The molecule has 0 aromatic heterocycles. The van der Waals surface area contributed by atoms with Crippen LogP contribution in [-0.2, 0) is 19.1 Å². The van der Waals surface area contributed by atoms with Crippen LogP contribution in [0.2, 0.25) is 5.02 Å². The molecule has 0 radical (unpaired) electrons. The minimum absolute atomic E-state index is 0.104. The summed E-state index contributed by atoms with van der Waals surface area (Å²) in [5, 5.41) is 10.9. The molecule has 1 N–H and O–H groups in total. The SMILES string of the molecule is C=CCN(C)C(=O)[C@H]1[C@H]2C(=O)N([C@@H](CO)[C@@H](C)CC)C(C(=O)N(CC=C)c3ccccc3Cl)C23CC(Br)[C@@H]1O3. The summed E-state index contributed by atoms with van der Waals surface area (Å²) in [6.45, 7) is 11.6. The van der Waals surface area contributed by atoms with Gasteiger partial charge in [0, 0.05) is 25.0 Å². The molecule has 10 heteroatoms. The summed E-state index contributed by atoms with van der Waals surface area (Å²) >= 11 is 10.2. The number of amides is 3. The summed E-state index contributed by atoms with van der Waals surface area (Å²) < 4.78 is 6.62. The van der Waals surface area contributed by atoms with Gasteiger partial charge in [-0.3, -0.25) is 14.4 Å². The molecule has 1 spiro atoms. The maximum Gasteiger partial charge on any atom is 0.253 e. The highest BCUT2D eigenvalue weighted by atomic mass is 79.9. The molecule has 0 saturated carbocycles. The van der Waals surface area contributed by atoms with Crippen LogP contribution < -0.4 is 4.90 Å². The Hall–Kier alpha value is -2.20. The van der Waals surface area contributed by atoms with Gasteiger partial charge in [-0.25, -0.2) is 0 Å². The van der Waals surface area contributed by atoms with Gasteiger partial charge in [-0.15, -0.1) is 13.2 Å². The van der Waals surface area contributed by atoms with Gasteiger partial charge in [0.15, 0.2) is 0 Å². The zero-order valence-corrected chi connectivity index (χ0v) is 25.0. The van der Waals surface area contributed by atoms with Gasteiger partial charge < -0.3 is 24.5 Å². The Morgan fingerprint density at radius 1 is 1.28 bits per heavy atom. The van der Waals surface area contributed by atoms with Crippen LogP contribution in [0.5, 0.6) is 0 Å². The predicted molar refractivity (Wildman–Crippen MR) is 155 cm³/mol. The van der Waals surface area contributed by atoms with Crippen molar-refractivity contribution in [2.45, 2.75) is 55.3 Å². The molecule has 4 rings (SSSR count). The Kier molecular flexibility index (Phi) is 8.95. The molecule has 3 saturated heterocycles. The lowest BCUT2D eigenvalue weighted by molar-refractivity contribution is -0.147. The van der Waals surface area contributed by atoms with E-state index in [9.17, 15) is 19.5 Å². The van der Waals surface area contributed by atoms with E-state index in [4.69, 9.17) is 16.3 Å². The van der Waals surface area contributed by atoms with E-state index < -0.39 is 35.6 Å². The number of likely N-dealkylation sites (tertiary alicyclic amines) is 1. The number of alkyl halides is 1. The number of para-hydroxylation sites is 1. The molecule has 39 heavy (non-hydrogen) atoms. The molecular formula is C29H37BrClN3O5. The molecular weight excluding hydrogens is 586 g/mol. The van der Waals surface area contributed by atoms with Crippen LogP contribution >= 0.6 is 27.5 Å². The zero-order chi connectivity index (χ0) is 28.6. The number of anilines is 1. The van der Waals surface area contributed by atoms with Crippen LogP contribution in [0, 0.1) is 17.8 Å². The second-order valence-corrected chi connectivity index (χ2v) is 12.3. The summed E-state index contributed by atoms with van der Waals surface area (Å²) in [7, 11) is 1.67. The first-order valence-corrected chi connectivity index (χ1v) is 14.7. The smallest absolute Gasteiger partial charge is 0.253 e. The van der Waals surface area contributed by atoms with Gasteiger partial charge in [0.2, 0.25) is 11.8 Å². The third kappa shape index (κ3) is 4.75. The third-order valence-corrected chi connectivity index (χ3v) is 9.76. The van der Waals surface area contributed by atoms with Gasteiger partial charge in [-0.1, -0.05) is 72.1 Å². The maximum absolute atomic E-state index is 14.7. The van der Waals surface area contributed by atoms with Crippen molar-refractivity contribution in [2.75, 3.05) is 31.6 Å². The molecule has 0 aliphatic carbocycles. The summed E-state index contributed by atoms with van der Waals surface area (Å²) in [5.41, 5.74) is -0.758. The topological polar surface area (TPSA) is 90.4 Å². The van der Waals surface area contributed by atoms with Crippen molar-refractivity contribution in [3.05, 3.63) is 54.6 Å². The number of rotatable bonds is 11. The second-order valence-electron chi connectivity index (χ2n) is 10.7. The van der Waals surface area contributed by atoms with E-state index in [2.05, 4.69) is 29.1 Å². The lowest BCUT2D eigenvalue weighted by atomic mass is 9.70. The number of aliphatic hydroxyl groups is 1. The van der Waals surface area contributed by atoms with Crippen LogP contribution in [0.1, 0.15) is 26.7 Å². The lowest BCUT2D eigenvalue weighted by Gasteiger charge is -2.41. The standard InChI is InChI=1S/C29H37BrClN3O5/c1-6-13-32(5)26(36)22-23-27(37)34(21(16-35)17(4)8-3)25(29(23)15-18(30)24(22)39-29)28(38)33(14-7-2)20-12-10-9-11-19(20)31/h6-7,9-12,17-18,21-25,35H,1-2,8,13-16H2,3-5H3/t17-,18?,21-,22-,23-,24-,25?,29?/m0/s1. The summed E-state index contributed by atoms with van der Waals surface area (Å²) in [6.07, 6.45) is 3.72. The fourth-order valence-electron chi connectivity index (χ4n) is 6.59. The minimum atomic E-state index is -1.25. The van der Waals surface area contributed by atoms with Crippen molar-refractivity contribution in [2.24, 2.45) is 17.8 Å². The number of halogens is 2. The number of carbonyl (C=O) groups is 3. The van der Waals surface area contributed by atoms with Gasteiger partial charge in [-0.2, -0.15) is 0 Å². The highest BCUT2D eigenvalue weighted by Gasteiger charge is 2.77. The van der Waals surface area contributed by atoms with Gasteiger partial charge in [0.05, 0.1) is 41.3 Å². The number of likely N-dealkylation sites (N-methyl/N-ethyl adjacent to an activating group) is 1. The van der Waals surface area contributed by atoms with E-state index >= 15 is 0 Å². The molecule has 212 valence electrons. The normalized spacial score (nSPS) is 30.6. The van der Waals surface area contributed by atoms with Crippen molar-refractivity contribution in [1.29, 1.82) is 0 Å². The molecule has 8 atom stereocenters. The Labute approximate surface area is 243 Å². The first-order valence-electron chi connectivity index (χ1n) is 13.4. The van der Waals surface area contributed by atoms with Gasteiger partial charge in [-0.05, 0) is 24.5 Å². The first-order chi connectivity index (χ1) is 18.6. The Morgan fingerprint density at radius 3 is 2.54 bits per heavy atom. The van der Waals surface area contributed by atoms with E-state index in [-0.39, 0.29) is 41.6 Å². The molecule has 3 aliphatic rings. The molecule has 3 aliphatic heterocycles. The van der Waals surface area contributed by atoms with Crippen molar-refractivity contribution in [3.63, 3.8) is 0 Å². The number of fused-ring (bicyclic) bond motifs is 1. The van der Waals surface area contributed by atoms with Gasteiger partial charge in [0.1, 0.15) is 11.6 Å². The highest BCUT2D eigenvalue weighted by molar-refractivity contribution is 9.09. The highest BCUT2D eigenvalue weighted by Crippen LogP contribution is 2.61. The third-order valence-electron chi connectivity index (χ3n) is 8.59. The first kappa shape index (κ1) is 29.8. The molecule has 3 amide bonds. The Balaban J connectivity index is 1.88. The molecule has 8 nitrogen and oxygen atoms in total. The fraction of sp³-hybridized carbons (Fsp3) is 0.552. The summed E-state index contributed by atoms with van der Waals surface area (Å²) in [5.74, 6) is -2.68. The van der Waals surface area contributed by atoms with E-state index in [0.29, 0.717) is 30.1 Å².